The zero-order valence-corrected chi connectivity index (χ0v) is 17.7. The van der Waals surface area contributed by atoms with E-state index in [0.29, 0.717) is 23.5 Å². The van der Waals surface area contributed by atoms with Gasteiger partial charge in [-0.05, 0) is 37.3 Å². The predicted molar refractivity (Wildman–Crippen MR) is 118 cm³/mol. The lowest BCUT2D eigenvalue weighted by molar-refractivity contribution is -0.115. The Balaban J connectivity index is 1.62. The van der Waals surface area contributed by atoms with Gasteiger partial charge >= 0.3 is 0 Å². The number of halogens is 2. The van der Waals surface area contributed by atoms with Crippen LogP contribution in [-0.4, -0.2) is 20.9 Å². The fraction of sp³-hybridized carbons (Fsp3) is 0.130. The largest absolute Gasteiger partial charge is 0.434 e. The van der Waals surface area contributed by atoms with E-state index in [1.807, 2.05) is 6.07 Å². The highest BCUT2D eigenvalue weighted by Gasteiger charge is 2.20. The van der Waals surface area contributed by atoms with Crippen LogP contribution in [0.5, 0.6) is 11.6 Å². The molecular weight excluding hydrogens is 430 g/mol. The summed E-state index contributed by atoms with van der Waals surface area (Å²) in [5.74, 6) is -2.11. The fourth-order valence-electron chi connectivity index (χ4n) is 3.18. The molecule has 2 heterocycles. The van der Waals surface area contributed by atoms with Gasteiger partial charge in [0.15, 0.2) is 28.8 Å². The molecule has 0 spiro atoms. The van der Waals surface area contributed by atoms with Crippen LogP contribution in [0.2, 0.25) is 0 Å². The minimum atomic E-state index is -0.780. The molecule has 10 heteroatoms. The summed E-state index contributed by atoms with van der Waals surface area (Å²) >= 11 is 0. The summed E-state index contributed by atoms with van der Waals surface area (Å²) in [7, 11) is 0. The van der Waals surface area contributed by atoms with Gasteiger partial charge in [-0.2, -0.15) is 5.26 Å². The number of anilines is 3. The molecule has 2 aromatic carbocycles. The third kappa shape index (κ3) is 4.43. The van der Waals surface area contributed by atoms with E-state index < -0.39 is 17.4 Å². The van der Waals surface area contributed by atoms with Crippen molar-refractivity contribution in [2.45, 2.75) is 20.3 Å². The van der Waals surface area contributed by atoms with Crippen molar-refractivity contribution in [3.63, 3.8) is 0 Å². The Labute approximate surface area is 187 Å². The maximum atomic E-state index is 14.9. The molecule has 0 saturated heterocycles. The van der Waals surface area contributed by atoms with Crippen LogP contribution in [0.3, 0.4) is 0 Å². The van der Waals surface area contributed by atoms with Gasteiger partial charge < -0.3 is 20.4 Å². The van der Waals surface area contributed by atoms with Gasteiger partial charge in [-0.3, -0.25) is 4.79 Å². The van der Waals surface area contributed by atoms with Gasteiger partial charge in [0.1, 0.15) is 12.4 Å². The van der Waals surface area contributed by atoms with Crippen molar-refractivity contribution in [3.8, 4) is 17.7 Å². The van der Waals surface area contributed by atoms with Crippen LogP contribution < -0.4 is 15.4 Å². The smallest absolute Gasteiger partial charge is 0.242 e. The number of nitrogens with zero attached hydrogens (tertiary/aromatic N) is 3. The minimum absolute atomic E-state index is 0.0291. The van der Waals surface area contributed by atoms with Gasteiger partial charge in [-0.25, -0.2) is 18.7 Å². The van der Waals surface area contributed by atoms with Crippen LogP contribution in [0.15, 0.2) is 42.7 Å². The lowest BCUT2D eigenvalue weighted by Crippen LogP contribution is -2.09. The monoisotopic (exact) mass is 448 g/mol. The molecule has 166 valence electrons. The highest BCUT2D eigenvalue weighted by atomic mass is 19.1. The molecule has 1 amide bonds. The third-order valence-electron chi connectivity index (χ3n) is 4.79. The number of nitriles is 1. The minimum Gasteiger partial charge on any atom is -0.434 e. The Kier molecular flexibility index (Phi) is 5.87. The van der Waals surface area contributed by atoms with Crippen LogP contribution in [0.1, 0.15) is 24.6 Å². The van der Waals surface area contributed by atoms with E-state index >= 15 is 0 Å². The molecule has 0 fully saturated rings. The van der Waals surface area contributed by atoms with Gasteiger partial charge in [0.05, 0.1) is 5.52 Å². The molecule has 0 bridgehead atoms. The SMILES string of the molecule is CCC(=O)Nc1ccc(Nc2ncnc(Oc3cc(F)c4[nH]c(C)cc4c3F)c2C#N)cc1. The Morgan fingerprint density at radius 2 is 1.91 bits per heavy atom. The standard InChI is InChI=1S/C23H18F2N6O2/c1-3-19(32)30-13-4-6-14(7-5-13)31-22-16(10-26)23(28-11-27-22)33-18-9-17(24)21-15(20(18)25)8-12(2)29-21/h4-9,11,29H,3H2,1-2H3,(H,30,32)(H,27,28,31). The average molecular weight is 448 g/mol. The van der Waals surface area contributed by atoms with E-state index in [1.54, 1.807) is 38.1 Å². The van der Waals surface area contributed by atoms with E-state index in [-0.39, 0.29) is 34.1 Å². The predicted octanol–water partition coefficient (Wildman–Crippen LogP) is 5.30. The number of fused-ring (bicyclic) bond motifs is 1. The second-order valence-electron chi connectivity index (χ2n) is 7.13. The number of rotatable bonds is 6. The summed E-state index contributed by atoms with van der Waals surface area (Å²) in [4.78, 5) is 22.2. The number of hydrogen-bond donors (Lipinski definition) is 3. The number of carbonyl (C=O) groups excluding carboxylic acids is 1. The van der Waals surface area contributed by atoms with Crippen LogP contribution >= 0.6 is 0 Å². The molecule has 33 heavy (non-hydrogen) atoms. The van der Waals surface area contributed by atoms with Gasteiger partial charge in [0.25, 0.3) is 0 Å². The molecule has 4 rings (SSSR count). The first-order valence-corrected chi connectivity index (χ1v) is 9.96. The summed E-state index contributed by atoms with van der Waals surface area (Å²) in [5, 5.41) is 15.4. The maximum absolute atomic E-state index is 14.9. The molecule has 0 aliphatic heterocycles. The zero-order valence-electron chi connectivity index (χ0n) is 17.7. The van der Waals surface area contributed by atoms with Crippen LogP contribution in [-0.2, 0) is 4.79 Å². The normalized spacial score (nSPS) is 10.6. The lowest BCUT2D eigenvalue weighted by Gasteiger charge is -2.12. The number of hydrogen-bond acceptors (Lipinski definition) is 6. The topological polar surface area (TPSA) is 116 Å². The number of aromatic nitrogens is 3. The first kappa shape index (κ1) is 21.7. The Bertz CT molecular complexity index is 1390. The first-order valence-electron chi connectivity index (χ1n) is 9.96. The van der Waals surface area contributed by atoms with Crippen molar-refractivity contribution in [1.82, 2.24) is 15.0 Å². The highest BCUT2D eigenvalue weighted by molar-refractivity contribution is 5.90. The number of ether oxygens (including phenoxy) is 1. The molecule has 2 aromatic heterocycles. The molecule has 8 nitrogen and oxygen atoms in total. The average Bonchev–Trinajstić information content (AvgIpc) is 3.21. The van der Waals surface area contributed by atoms with E-state index in [0.717, 1.165) is 12.4 Å². The lowest BCUT2D eigenvalue weighted by atomic mass is 10.2. The Hall–Kier alpha value is -4.52. The number of H-pyrrole nitrogens is 1. The van der Waals surface area contributed by atoms with Gasteiger partial charge in [-0.15, -0.1) is 0 Å². The number of aromatic amines is 1. The molecule has 4 aromatic rings. The molecule has 0 aliphatic carbocycles. The summed E-state index contributed by atoms with van der Waals surface area (Å²) in [5.41, 5.74) is 1.72. The third-order valence-corrected chi connectivity index (χ3v) is 4.79. The van der Waals surface area contributed by atoms with E-state index in [2.05, 4.69) is 25.6 Å². The summed E-state index contributed by atoms with van der Waals surface area (Å²) in [6.45, 7) is 3.43. The summed E-state index contributed by atoms with van der Waals surface area (Å²) < 4.78 is 34.8. The second-order valence-corrected chi connectivity index (χ2v) is 7.13. The molecular formula is C23H18F2N6O2. The number of amides is 1. The van der Waals surface area contributed by atoms with Crippen molar-refractivity contribution in [1.29, 1.82) is 5.26 Å². The zero-order chi connectivity index (χ0) is 23.5. The van der Waals surface area contributed by atoms with Crippen LogP contribution in [0, 0.1) is 29.9 Å². The van der Waals surface area contributed by atoms with Gasteiger partial charge in [0, 0.05) is 34.9 Å². The molecule has 0 radical (unpaired) electrons. The van der Waals surface area contributed by atoms with Crippen molar-refractivity contribution >= 4 is 34.0 Å². The van der Waals surface area contributed by atoms with Crippen molar-refractivity contribution in [3.05, 3.63) is 65.6 Å². The summed E-state index contributed by atoms with van der Waals surface area (Å²) in [6.07, 6.45) is 1.50. The van der Waals surface area contributed by atoms with Crippen LogP contribution in [0.4, 0.5) is 26.0 Å². The molecule has 0 saturated carbocycles. The van der Waals surface area contributed by atoms with E-state index in [4.69, 9.17) is 4.74 Å². The number of benzene rings is 2. The quantitative estimate of drug-likeness (QED) is 0.369. The summed E-state index contributed by atoms with van der Waals surface area (Å²) in [6, 6.07) is 11.0. The van der Waals surface area contributed by atoms with Crippen molar-refractivity contribution in [2.24, 2.45) is 0 Å². The van der Waals surface area contributed by atoms with E-state index in [9.17, 15) is 18.8 Å². The second kappa shape index (κ2) is 8.92. The number of aryl methyl sites for hydroxylation is 1. The maximum Gasteiger partial charge on any atom is 0.242 e. The van der Waals surface area contributed by atoms with E-state index in [1.165, 1.54) is 6.07 Å². The van der Waals surface area contributed by atoms with Crippen LogP contribution in [0.25, 0.3) is 10.9 Å². The highest BCUT2D eigenvalue weighted by Crippen LogP contribution is 2.34. The Morgan fingerprint density at radius 3 is 2.61 bits per heavy atom. The molecule has 3 N–H and O–H groups in total. The van der Waals surface area contributed by atoms with Crippen molar-refractivity contribution < 1.29 is 18.3 Å². The fourth-order valence-corrected chi connectivity index (χ4v) is 3.18. The van der Waals surface area contributed by atoms with Crippen molar-refractivity contribution in [2.75, 3.05) is 10.6 Å². The first-order chi connectivity index (χ1) is 15.9. The molecule has 0 aliphatic rings. The molecule has 0 atom stereocenters. The number of nitrogens with one attached hydrogen (secondary N) is 3. The van der Waals surface area contributed by atoms with Gasteiger partial charge in [0.2, 0.25) is 11.8 Å². The number of carbonyl (C=O) groups is 1. The van der Waals surface area contributed by atoms with Gasteiger partial charge in [-0.1, -0.05) is 6.92 Å². The molecule has 0 unspecified atom stereocenters. The Morgan fingerprint density at radius 1 is 1.18 bits per heavy atom.